The average Bonchev–Trinajstić information content (AvgIpc) is 2.41. The lowest BCUT2D eigenvalue weighted by Gasteiger charge is -2.28. The van der Waals surface area contributed by atoms with Crippen LogP contribution in [0.4, 0.5) is 0 Å². The molecule has 19 heavy (non-hydrogen) atoms. The van der Waals surface area contributed by atoms with Gasteiger partial charge in [-0.15, -0.1) is 0 Å². The van der Waals surface area contributed by atoms with Crippen molar-refractivity contribution in [3.63, 3.8) is 0 Å². The Kier molecular flexibility index (Phi) is 7.44. The van der Waals surface area contributed by atoms with E-state index in [9.17, 15) is 4.79 Å². The van der Waals surface area contributed by atoms with E-state index in [0.717, 1.165) is 38.7 Å². The van der Waals surface area contributed by atoms with Gasteiger partial charge in [-0.1, -0.05) is 33.6 Å². The van der Waals surface area contributed by atoms with E-state index < -0.39 is 0 Å². The lowest BCUT2D eigenvalue weighted by atomic mass is 9.88. The molecule has 112 valence electrons. The standard InChI is InChI=1S/C16H30O3/c1-5-7-15(6-2)13(4)16(17)19-11-14-8-9-18-12(3)10-14/h12-15H,5-11H2,1-4H3. The third kappa shape index (κ3) is 5.52. The summed E-state index contributed by atoms with van der Waals surface area (Å²) in [5, 5.41) is 0. The van der Waals surface area contributed by atoms with Gasteiger partial charge in [0.05, 0.1) is 18.6 Å². The first-order valence-electron chi connectivity index (χ1n) is 7.86. The smallest absolute Gasteiger partial charge is 0.308 e. The van der Waals surface area contributed by atoms with Gasteiger partial charge in [0.15, 0.2) is 0 Å². The van der Waals surface area contributed by atoms with Crippen LogP contribution in [0.1, 0.15) is 59.8 Å². The molecular weight excluding hydrogens is 240 g/mol. The molecule has 0 aliphatic carbocycles. The molecule has 0 radical (unpaired) electrons. The zero-order chi connectivity index (χ0) is 14.3. The lowest BCUT2D eigenvalue weighted by Crippen LogP contribution is -2.29. The summed E-state index contributed by atoms with van der Waals surface area (Å²) in [6.45, 7) is 9.80. The molecule has 1 rings (SSSR count). The van der Waals surface area contributed by atoms with Gasteiger partial charge in [-0.05, 0) is 38.0 Å². The summed E-state index contributed by atoms with van der Waals surface area (Å²) in [5.41, 5.74) is 0. The number of esters is 1. The topological polar surface area (TPSA) is 35.5 Å². The van der Waals surface area contributed by atoms with Crippen molar-refractivity contribution in [1.29, 1.82) is 0 Å². The fourth-order valence-electron chi connectivity index (χ4n) is 2.94. The number of ether oxygens (including phenoxy) is 2. The lowest BCUT2D eigenvalue weighted by molar-refractivity contribution is -0.153. The summed E-state index contributed by atoms with van der Waals surface area (Å²) in [7, 11) is 0. The summed E-state index contributed by atoms with van der Waals surface area (Å²) in [6, 6.07) is 0. The summed E-state index contributed by atoms with van der Waals surface area (Å²) < 4.78 is 11.0. The maximum Gasteiger partial charge on any atom is 0.308 e. The van der Waals surface area contributed by atoms with Crippen LogP contribution in [0.15, 0.2) is 0 Å². The predicted octanol–water partition coefficient (Wildman–Crippen LogP) is 3.81. The van der Waals surface area contributed by atoms with Crippen molar-refractivity contribution in [3.05, 3.63) is 0 Å². The van der Waals surface area contributed by atoms with Crippen molar-refractivity contribution in [2.45, 2.75) is 65.9 Å². The van der Waals surface area contributed by atoms with E-state index in [1.165, 1.54) is 0 Å². The monoisotopic (exact) mass is 270 g/mol. The zero-order valence-electron chi connectivity index (χ0n) is 13.0. The number of carbonyl (C=O) groups is 1. The van der Waals surface area contributed by atoms with Gasteiger partial charge < -0.3 is 9.47 Å². The van der Waals surface area contributed by atoms with Gasteiger partial charge in [-0.2, -0.15) is 0 Å². The van der Waals surface area contributed by atoms with Gasteiger partial charge in [0.2, 0.25) is 0 Å². The van der Waals surface area contributed by atoms with E-state index in [-0.39, 0.29) is 11.9 Å². The molecule has 3 heteroatoms. The first kappa shape index (κ1) is 16.5. The minimum Gasteiger partial charge on any atom is -0.465 e. The highest BCUT2D eigenvalue weighted by molar-refractivity contribution is 5.72. The Morgan fingerprint density at radius 3 is 2.74 bits per heavy atom. The second-order valence-electron chi connectivity index (χ2n) is 5.95. The molecule has 3 nitrogen and oxygen atoms in total. The van der Waals surface area contributed by atoms with Crippen molar-refractivity contribution in [1.82, 2.24) is 0 Å². The van der Waals surface area contributed by atoms with E-state index in [1.807, 2.05) is 6.92 Å². The van der Waals surface area contributed by atoms with Crippen molar-refractivity contribution in [2.75, 3.05) is 13.2 Å². The molecule has 1 aliphatic heterocycles. The van der Waals surface area contributed by atoms with Gasteiger partial charge in [0.25, 0.3) is 0 Å². The van der Waals surface area contributed by atoms with Crippen LogP contribution in [0.3, 0.4) is 0 Å². The van der Waals surface area contributed by atoms with Crippen LogP contribution in [0.5, 0.6) is 0 Å². The molecular formula is C16H30O3. The molecule has 0 saturated carbocycles. The number of hydrogen-bond donors (Lipinski definition) is 0. The first-order chi connectivity index (χ1) is 9.08. The van der Waals surface area contributed by atoms with Crippen LogP contribution in [0, 0.1) is 17.8 Å². The second-order valence-corrected chi connectivity index (χ2v) is 5.95. The summed E-state index contributed by atoms with van der Waals surface area (Å²) in [4.78, 5) is 12.1. The van der Waals surface area contributed by atoms with Crippen LogP contribution in [0.2, 0.25) is 0 Å². The van der Waals surface area contributed by atoms with Crippen molar-refractivity contribution >= 4 is 5.97 Å². The summed E-state index contributed by atoms with van der Waals surface area (Å²) in [6.07, 6.45) is 5.62. The maximum absolute atomic E-state index is 12.1. The summed E-state index contributed by atoms with van der Waals surface area (Å²) >= 11 is 0. The molecule has 1 heterocycles. The highest BCUT2D eigenvalue weighted by Gasteiger charge is 2.25. The normalized spacial score (nSPS) is 26.7. The van der Waals surface area contributed by atoms with Crippen LogP contribution in [-0.4, -0.2) is 25.3 Å². The maximum atomic E-state index is 12.1. The van der Waals surface area contributed by atoms with Crippen LogP contribution in [-0.2, 0) is 14.3 Å². The number of carbonyl (C=O) groups excluding carboxylic acids is 1. The number of rotatable bonds is 7. The zero-order valence-corrected chi connectivity index (χ0v) is 13.0. The molecule has 0 N–H and O–H groups in total. The Balaban J connectivity index is 2.33. The molecule has 0 bridgehead atoms. The third-order valence-electron chi connectivity index (χ3n) is 4.32. The molecule has 4 unspecified atom stereocenters. The first-order valence-corrected chi connectivity index (χ1v) is 7.86. The van der Waals surface area contributed by atoms with Crippen LogP contribution < -0.4 is 0 Å². The molecule has 0 amide bonds. The van der Waals surface area contributed by atoms with E-state index in [4.69, 9.17) is 9.47 Å². The molecule has 4 atom stereocenters. The summed E-state index contributed by atoms with van der Waals surface area (Å²) in [5.74, 6) is 0.957. The van der Waals surface area contributed by atoms with Gasteiger partial charge in [-0.25, -0.2) is 0 Å². The fraction of sp³-hybridized carbons (Fsp3) is 0.938. The number of hydrogen-bond acceptors (Lipinski definition) is 3. The van der Waals surface area contributed by atoms with Crippen molar-refractivity contribution < 1.29 is 14.3 Å². The van der Waals surface area contributed by atoms with Gasteiger partial charge in [0, 0.05) is 6.61 Å². The highest BCUT2D eigenvalue weighted by Crippen LogP contribution is 2.24. The third-order valence-corrected chi connectivity index (χ3v) is 4.32. The SMILES string of the molecule is CCCC(CC)C(C)C(=O)OCC1CCOC(C)C1. The molecule has 0 aromatic rings. The molecule has 1 fully saturated rings. The second kappa shape index (κ2) is 8.57. The molecule has 1 saturated heterocycles. The molecule has 0 aromatic carbocycles. The Bertz CT molecular complexity index is 265. The Labute approximate surface area is 118 Å². The Hall–Kier alpha value is -0.570. The van der Waals surface area contributed by atoms with Gasteiger partial charge >= 0.3 is 5.97 Å². The van der Waals surface area contributed by atoms with Gasteiger partial charge in [0.1, 0.15) is 0 Å². The fourth-order valence-corrected chi connectivity index (χ4v) is 2.94. The Morgan fingerprint density at radius 1 is 1.42 bits per heavy atom. The molecule has 0 spiro atoms. The van der Waals surface area contributed by atoms with Gasteiger partial charge in [-0.3, -0.25) is 4.79 Å². The molecule has 1 aliphatic rings. The molecule has 0 aromatic heterocycles. The largest absolute Gasteiger partial charge is 0.465 e. The predicted molar refractivity (Wildman–Crippen MR) is 77.0 cm³/mol. The van der Waals surface area contributed by atoms with Crippen LogP contribution >= 0.6 is 0 Å². The van der Waals surface area contributed by atoms with Crippen LogP contribution in [0.25, 0.3) is 0 Å². The van der Waals surface area contributed by atoms with Crippen molar-refractivity contribution in [3.8, 4) is 0 Å². The van der Waals surface area contributed by atoms with E-state index in [1.54, 1.807) is 0 Å². The minimum atomic E-state index is -0.0144. The highest BCUT2D eigenvalue weighted by atomic mass is 16.5. The Morgan fingerprint density at radius 2 is 2.16 bits per heavy atom. The quantitative estimate of drug-likeness (QED) is 0.660. The van der Waals surface area contributed by atoms with E-state index >= 15 is 0 Å². The minimum absolute atomic E-state index is 0.0144. The average molecular weight is 270 g/mol. The van der Waals surface area contributed by atoms with E-state index in [2.05, 4.69) is 20.8 Å². The van der Waals surface area contributed by atoms with E-state index in [0.29, 0.717) is 24.5 Å². The van der Waals surface area contributed by atoms with Crippen molar-refractivity contribution in [2.24, 2.45) is 17.8 Å².